The highest BCUT2D eigenvalue weighted by Crippen LogP contribution is 2.38. The summed E-state index contributed by atoms with van der Waals surface area (Å²) in [7, 11) is -3.47. The summed E-state index contributed by atoms with van der Waals surface area (Å²) in [5.74, 6) is 0.503. The van der Waals surface area contributed by atoms with Gasteiger partial charge < -0.3 is 0 Å². The SMILES string of the molecule is O=S(=O)(NCC1(CCl)CCCC1)c1cccnc1. The molecule has 1 aliphatic rings. The lowest BCUT2D eigenvalue weighted by Gasteiger charge is -2.26. The standard InChI is InChI=1S/C12H17ClN2O2S/c13-9-12(5-1-2-6-12)10-15-18(16,17)11-4-3-7-14-8-11/h3-4,7-8,15H,1-2,5-6,9-10H2. The van der Waals surface area contributed by atoms with Gasteiger partial charge in [-0.3, -0.25) is 4.98 Å². The molecular formula is C12H17ClN2O2S. The van der Waals surface area contributed by atoms with Crippen LogP contribution in [0.2, 0.25) is 0 Å². The van der Waals surface area contributed by atoms with Gasteiger partial charge >= 0.3 is 0 Å². The zero-order chi connectivity index (χ0) is 13.1. The molecule has 1 heterocycles. The van der Waals surface area contributed by atoms with Gasteiger partial charge in [-0.25, -0.2) is 13.1 Å². The van der Waals surface area contributed by atoms with Crippen molar-refractivity contribution in [3.05, 3.63) is 24.5 Å². The van der Waals surface area contributed by atoms with E-state index in [2.05, 4.69) is 9.71 Å². The number of nitrogens with one attached hydrogen (secondary N) is 1. The Hall–Kier alpha value is -0.650. The van der Waals surface area contributed by atoms with E-state index in [4.69, 9.17) is 11.6 Å². The van der Waals surface area contributed by atoms with Gasteiger partial charge in [-0.15, -0.1) is 11.6 Å². The lowest BCUT2D eigenvalue weighted by atomic mass is 9.89. The van der Waals surface area contributed by atoms with Crippen LogP contribution < -0.4 is 4.72 Å². The number of rotatable bonds is 5. The Balaban J connectivity index is 2.06. The molecule has 0 atom stereocenters. The van der Waals surface area contributed by atoms with Crippen molar-refractivity contribution in [3.63, 3.8) is 0 Å². The summed E-state index contributed by atoms with van der Waals surface area (Å²) < 4.78 is 26.8. The first-order chi connectivity index (χ1) is 8.58. The summed E-state index contributed by atoms with van der Waals surface area (Å²) in [6.45, 7) is 0.410. The van der Waals surface area contributed by atoms with Crippen LogP contribution in [0.25, 0.3) is 0 Å². The number of pyridine rings is 1. The fourth-order valence-electron chi connectivity index (χ4n) is 2.32. The number of sulfonamides is 1. The fraction of sp³-hybridized carbons (Fsp3) is 0.583. The normalized spacial score (nSPS) is 18.9. The van der Waals surface area contributed by atoms with Gasteiger partial charge in [-0.05, 0) is 30.4 Å². The van der Waals surface area contributed by atoms with E-state index in [-0.39, 0.29) is 10.3 Å². The van der Waals surface area contributed by atoms with Gasteiger partial charge in [0.15, 0.2) is 0 Å². The highest BCUT2D eigenvalue weighted by Gasteiger charge is 2.34. The molecule has 1 aliphatic carbocycles. The minimum absolute atomic E-state index is 0.0726. The summed E-state index contributed by atoms with van der Waals surface area (Å²) in [4.78, 5) is 4.02. The lowest BCUT2D eigenvalue weighted by molar-refractivity contribution is 0.342. The van der Waals surface area contributed by atoms with E-state index in [0.717, 1.165) is 25.7 Å². The second-order valence-corrected chi connectivity index (χ2v) is 6.89. The molecule has 0 unspecified atom stereocenters. The smallest absolute Gasteiger partial charge is 0.242 e. The molecule has 0 spiro atoms. The van der Waals surface area contributed by atoms with Gasteiger partial charge in [0.25, 0.3) is 0 Å². The van der Waals surface area contributed by atoms with Crippen LogP contribution in [0.4, 0.5) is 0 Å². The van der Waals surface area contributed by atoms with E-state index in [1.54, 1.807) is 12.3 Å². The third-order valence-electron chi connectivity index (χ3n) is 3.53. The minimum Gasteiger partial charge on any atom is -0.263 e. The number of alkyl halides is 1. The second-order valence-electron chi connectivity index (χ2n) is 4.85. The summed E-state index contributed by atoms with van der Waals surface area (Å²) >= 11 is 5.99. The first kappa shape index (κ1) is 13.8. The average molecular weight is 289 g/mol. The van der Waals surface area contributed by atoms with E-state index in [1.807, 2.05) is 0 Å². The molecule has 0 saturated heterocycles. The van der Waals surface area contributed by atoms with Crippen molar-refractivity contribution in [3.8, 4) is 0 Å². The van der Waals surface area contributed by atoms with E-state index in [9.17, 15) is 8.42 Å². The third-order valence-corrected chi connectivity index (χ3v) is 5.48. The van der Waals surface area contributed by atoms with Gasteiger partial charge in [0.1, 0.15) is 4.90 Å². The van der Waals surface area contributed by atoms with Gasteiger partial charge in [0.05, 0.1) is 0 Å². The van der Waals surface area contributed by atoms with Crippen LogP contribution in [0, 0.1) is 5.41 Å². The molecule has 1 saturated carbocycles. The predicted molar refractivity (Wildman–Crippen MR) is 71.0 cm³/mol. The van der Waals surface area contributed by atoms with Crippen molar-refractivity contribution in [1.82, 2.24) is 9.71 Å². The van der Waals surface area contributed by atoms with Crippen molar-refractivity contribution >= 4 is 21.6 Å². The van der Waals surface area contributed by atoms with Gasteiger partial charge in [-0.1, -0.05) is 12.8 Å². The lowest BCUT2D eigenvalue weighted by Crippen LogP contribution is -2.37. The molecule has 100 valence electrons. The number of aromatic nitrogens is 1. The van der Waals surface area contributed by atoms with Crippen LogP contribution in [0.1, 0.15) is 25.7 Å². The molecule has 6 heteroatoms. The third kappa shape index (κ3) is 3.02. The number of hydrogen-bond donors (Lipinski definition) is 1. The van der Waals surface area contributed by atoms with Gasteiger partial charge in [0.2, 0.25) is 10.0 Å². The van der Waals surface area contributed by atoms with E-state index < -0.39 is 10.0 Å². The van der Waals surface area contributed by atoms with Crippen LogP contribution in [0.5, 0.6) is 0 Å². The molecule has 1 aromatic heterocycles. The molecule has 0 radical (unpaired) electrons. The zero-order valence-electron chi connectivity index (χ0n) is 10.1. The molecule has 2 rings (SSSR count). The molecule has 0 amide bonds. The van der Waals surface area contributed by atoms with E-state index in [1.165, 1.54) is 12.3 Å². The Labute approximate surface area is 113 Å². The Morgan fingerprint density at radius 3 is 2.67 bits per heavy atom. The molecule has 18 heavy (non-hydrogen) atoms. The Kier molecular flexibility index (Phi) is 4.25. The largest absolute Gasteiger partial charge is 0.263 e. The molecule has 0 bridgehead atoms. The van der Waals surface area contributed by atoms with Gasteiger partial charge in [-0.2, -0.15) is 0 Å². The molecule has 0 aromatic carbocycles. The number of hydrogen-bond acceptors (Lipinski definition) is 3. The minimum atomic E-state index is -3.47. The van der Waals surface area contributed by atoms with Crippen LogP contribution in [-0.2, 0) is 10.0 Å². The monoisotopic (exact) mass is 288 g/mol. The van der Waals surface area contributed by atoms with E-state index >= 15 is 0 Å². The maximum absolute atomic E-state index is 12.1. The molecular weight excluding hydrogens is 272 g/mol. The highest BCUT2D eigenvalue weighted by atomic mass is 35.5. The van der Waals surface area contributed by atoms with Crippen molar-refractivity contribution in [2.45, 2.75) is 30.6 Å². The maximum Gasteiger partial charge on any atom is 0.242 e. The average Bonchev–Trinajstić information content (AvgIpc) is 2.87. The van der Waals surface area contributed by atoms with Crippen LogP contribution in [0.15, 0.2) is 29.4 Å². The Morgan fingerprint density at radius 2 is 2.11 bits per heavy atom. The van der Waals surface area contributed by atoms with Crippen LogP contribution in [-0.4, -0.2) is 25.8 Å². The van der Waals surface area contributed by atoms with Crippen LogP contribution >= 0.6 is 11.6 Å². The second kappa shape index (κ2) is 5.55. The first-order valence-corrected chi connectivity index (χ1v) is 8.05. The quantitative estimate of drug-likeness (QED) is 0.845. The van der Waals surface area contributed by atoms with Crippen molar-refractivity contribution < 1.29 is 8.42 Å². The zero-order valence-corrected chi connectivity index (χ0v) is 11.7. The summed E-state index contributed by atoms with van der Waals surface area (Å²) in [5, 5.41) is 0. The predicted octanol–water partition coefficient (Wildman–Crippen LogP) is 2.16. The number of halogens is 1. The van der Waals surface area contributed by atoms with Crippen molar-refractivity contribution in [2.75, 3.05) is 12.4 Å². The molecule has 4 nitrogen and oxygen atoms in total. The van der Waals surface area contributed by atoms with Crippen molar-refractivity contribution in [1.29, 1.82) is 0 Å². The maximum atomic E-state index is 12.1. The van der Waals surface area contributed by atoms with Crippen molar-refractivity contribution in [2.24, 2.45) is 5.41 Å². The highest BCUT2D eigenvalue weighted by molar-refractivity contribution is 7.89. The topological polar surface area (TPSA) is 59.1 Å². The van der Waals surface area contributed by atoms with Gasteiger partial charge in [0, 0.05) is 24.8 Å². The van der Waals surface area contributed by atoms with E-state index in [0.29, 0.717) is 12.4 Å². The fourth-order valence-corrected chi connectivity index (χ4v) is 3.80. The molecule has 0 aliphatic heterocycles. The number of nitrogens with zero attached hydrogens (tertiary/aromatic N) is 1. The summed E-state index contributed by atoms with van der Waals surface area (Å²) in [6, 6.07) is 3.15. The molecule has 1 fully saturated rings. The Bertz CT molecular complexity index is 484. The molecule has 1 N–H and O–H groups in total. The Morgan fingerprint density at radius 1 is 1.39 bits per heavy atom. The molecule has 1 aromatic rings. The van der Waals surface area contributed by atoms with Crippen LogP contribution in [0.3, 0.4) is 0 Å². The summed E-state index contributed by atoms with van der Waals surface area (Å²) in [6.07, 6.45) is 7.14. The first-order valence-electron chi connectivity index (χ1n) is 6.04. The summed E-state index contributed by atoms with van der Waals surface area (Å²) in [5.41, 5.74) is -0.0726.